The van der Waals surface area contributed by atoms with Gasteiger partial charge in [-0.3, -0.25) is 14.4 Å². The summed E-state index contributed by atoms with van der Waals surface area (Å²) in [6, 6.07) is 1.80. The van der Waals surface area contributed by atoms with Crippen molar-refractivity contribution in [1.82, 2.24) is 25.9 Å². The molecule has 0 fully saturated rings. The summed E-state index contributed by atoms with van der Waals surface area (Å²) >= 11 is 0. The van der Waals surface area contributed by atoms with Gasteiger partial charge in [0.25, 0.3) is 0 Å². The summed E-state index contributed by atoms with van der Waals surface area (Å²) in [5.41, 5.74) is 6.35. The van der Waals surface area contributed by atoms with Gasteiger partial charge in [-0.2, -0.15) is 0 Å². The minimum atomic E-state index is -1.47. The Balaban J connectivity index is 2.06. The van der Waals surface area contributed by atoms with Crippen LogP contribution in [0.15, 0.2) is 36.8 Å². The predicted octanol–water partition coefficient (Wildman–Crippen LogP) is -2.61. The van der Waals surface area contributed by atoms with Crippen LogP contribution in [-0.4, -0.2) is 80.3 Å². The number of imidazole rings is 1. The highest BCUT2D eigenvalue weighted by molar-refractivity contribution is 5.93. The number of rotatable bonds is 12. The van der Waals surface area contributed by atoms with Crippen LogP contribution in [0.2, 0.25) is 0 Å². The molecule has 0 aliphatic rings. The lowest BCUT2D eigenvalue weighted by molar-refractivity contribution is -0.142. The van der Waals surface area contributed by atoms with Crippen molar-refractivity contribution in [2.75, 3.05) is 13.2 Å². The van der Waals surface area contributed by atoms with Gasteiger partial charge in [0.2, 0.25) is 17.7 Å². The predicted molar refractivity (Wildman–Crippen MR) is 114 cm³/mol. The molecule has 13 nitrogen and oxygen atoms in total. The topological polar surface area (TPSA) is 220 Å². The maximum absolute atomic E-state index is 12.7. The summed E-state index contributed by atoms with van der Waals surface area (Å²) in [7, 11) is 0. The molecule has 1 aromatic heterocycles. The number of aromatic nitrogens is 2. The average Bonchev–Trinajstić information content (AvgIpc) is 3.30. The Kier molecular flexibility index (Phi) is 9.32. The van der Waals surface area contributed by atoms with Crippen molar-refractivity contribution < 1.29 is 34.5 Å². The van der Waals surface area contributed by atoms with E-state index in [0.29, 0.717) is 11.3 Å². The number of H-pyrrole nitrogens is 1. The number of aromatic hydroxyl groups is 1. The smallest absolute Gasteiger partial charge is 0.326 e. The van der Waals surface area contributed by atoms with Crippen LogP contribution in [0, 0.1) is 0 Å². The molecule has 178 valence electrons. The summed E-state index contributed by atoms with van der Waals surface area (Å²) in [6.45, 7) is -1.18. The van der Waals surface area contributed by atoms with Crippen LogP contribution in [0.4, 0.5) is 0 Å². The van der Waals surface area contributed by atoms with Crippen LogP contribution in [0.3, 0.4) is 0 Å². The summed E-state index contributed by atoms with van der Waals surface area (Å²) in [6.07, 6.45) is 2.75. The van der Waals surface area contributed by atoms with Crippen LogP contribution in [0.25, 0.3) is 0 Å². The number of benzene rings is 1. The molecule has 2 aromatic rings. The van der Waals surface area contributed by atoms with Gasteiger partial charge in [0.15, 0.2) is 0 Å². The highest BCUT2D eigenvalue weighted by atomic mass is 16.4. The fourth-order valence-electron chi connectivity index (χ4n) is 2.89. The summed E-state index contributed by atoms with van der Waals surface area (Å²) in [4.78, 5) is 55.2. The standard InChI is InChI=1S/C20H26N6O7/c21-7-17(29)24-14(6-12-8-22-10-23-12)18(30)26-16(9-27)19(31)25-15(20(32)33)5-11-1-3-13(28)4-2-11/h1-4,8,10,14-16,27-28H,5-7,9,21H2,(H,22,23)(H,24,29)(H,25,31)(H,26,30)(H,32,33). The van der Waals surface area contributed by atoms with Gasteiger partial charge >= 0.3 is 5.97 Å². The number of carbonyl (C=O) groups excluding carboxylic acids is 3. The molecule has 0 aliphatic carbocycles. The number of aromatic amines is 1. The number of carboxylic acid groups (broad SMARTS) is 1. The molecule has 0 saturated carbocycles. The third-order valence-corrected chi connectivity index (χ3v) is 4.62. The number of aliphatic hydroxyl groups excluding tert-OH is 1. The molecule has 3 atom stereocenters. The molecule has 0 aliphatic heterocycles. The summed E-state index contributed by atoms with van der Waals surface area (Å²) < 4.78 is 0. The van der Waals surface area contributed by atoms with Gasteiger partial charge in [-0.1, -0.05) is 12.1 Å². The van der Waals surface area contributed by atoms with Gasteiger partial charge in [0.1, 0.15) is 23.9 Å². The van der Waals surface area contributed by atoms with Gasteiger partial charge < -0.3 is 42.0 Å². The molecule has 0 bridgehead atoms. The molecule has 0 spiro atoms. The molecular weight excluding hydrogens is 436 g/mol. The van der Waals surface area contributed by atoms with Crippen molar-refractivity contribution in [3.63, 3.8) is 0 Å². The number of aliphatic carboxylic acids is 1. The van der Waals surface area contributed by atoms with Crippen molar-refractivity contribution in [2.45, 2.75) is 31.0 Å². The van der Waals surface area contributed by atoms with E-state index in [1.54, 1.807) is 0 Å². The molecule has 9 N–H and O–H groups in total. The Morgan fingerprint density at radius 2 is 1.61 bits per heavy atom. The van der Waals surface area contributed by atoms with E-state index in [1.165, 1.54) is 36.8 Å². The van der Waals surface area contributed by atoms with Crippen LogP contribution in [-0.2, 0) is 32.0 Å². The van der Waals surface area contributed by atoms with Crippen molar-refractivity contribution in [3.05, 3.63) is 48.0 Å². The number of amides is 3. The number of aliphatic hydroxyl groups is 1. The van der Waals surface area contributed by atoms with Crippen LogP contribution < -0.4 is 21.7 Å². The Hall–Kier alpha value is -3.97. The van der Waals surface area contributed by atoms with Gasteiger partial charge in [-0.15, -0.1) is 0 Å². The van der Waals surface area contributed by atoms with E-state index >= 15 is 0 Å². The minimum absolute atomic E-state index is 0.00382. The molecule has 1 aromatic carbocycles. The van der Waals surface area contributed by atoms with Crippen LogP contribution in [0.1, 0.15) is 11.3 Å². The SMILES string of the molecule is NCC(=O)NC(Cc1cnc[nH]1)C(=O)NC(CO)C(=O)NC(Cc1ccc(O)cc1)C(=O)O. The fourth-order valence-corrected chi connectivity index (χ4v) is 2.89. The van der Waals surface area contributed by atoms with E-state index < -0.39 is 48.4 Å². The summed E-state index contributed by atoms with van der Waals surface area (Å²) in [5.74, 6) is -3.65. The van der Waals surface area contributed by atoms with Crippen LogP contribution >= 0.6 is 0 Å². The second-order valence-corrected chi connectivity index (χ2v) is 7.12. The third-order valence-electron chi connectivity index (χ3n) is 4.62. The zero-order chi connectivity index (χ0) is 24.4. The number of nitrogens with one attached hydrogen (secondary N) is 4. The lowest BCUT2D eigenvalue weighted by Crippen LogP contribution is -2.58. The molecule has 13 heteroatoms. The molecule has 0 radical (unpaired) electrons. The number of phenolic OH excluding ortho intramolecular Hbond substituents is 1. The van der Waals surface area contributed by atoms with Gasteiger partial charge in [0.05, 0.1) is 19.5 Å². The maximum atomic E-state index is 12.7. The number of carbonyl (C=O) groups is 4. The Labute approximate surface area is 188 Å². The molecule has 0 saturated heterocycles. The number of nitrogens with two attached hydrogens (primary N) is 1. The van der Waals surface area contributed by atoms with Crippen molar-refractivity contribution in [1.29, 1.82) is 0 Å². The molecule has 1 heterocycles. The van der Waals surface area contributed by atoms with Gasteiger partial charge in [0, 0.05) is 24.7 Å². The number of carboxylic acids is 1. The highest BCUT2D eigenvalue weighted by Gasteiger charge is 2.29. The number of nitrogens with zero attached hydrogens (tertiary/aromatic N) is 1. The van der Waals surface area contributed by atoms with E-state index in [0.717, 1.165) is 0 Å². The third kappa shape index (κ3) is 7.90. The van der Waals surface area contributed by atoms with E-state index in [2.05, 4.69) is 25.9 Å². The molecule has 3 unspecified atom stereocenters. The largest absolute Gasteiger partial charge is 0.508 e. The van der Waals surface area contributed by atoms with Gasteiger partial charge in [-0.25, -0.2) is 9.78 Å². The minimum Gasteiger partial charge on any atom is -0.508 e. The Morgan fingerprint density at radius 3 is 2.15 bits per heavy atom. The second-order valence-electron chi connectivity index (χ2n) is 7.12. The first kappa shape index (κ1) is 25.3. The first-order valence-electron chi connectivity index (χ1n) is 9.92. The first-order valence-corrected chi connectivity index (χ1v) is 9.92. The summed E-state index contributed by atoms with van der Waals surface area (Å²) in [5, 5.41) is 35.4. The van der Waals surface area contributed by atoms with Crippen LogP contribution in [0.5, 0.6) is 5.75 Å². The molecular formula is C20H26N6O7. The number of phenols is 1. The Bertz CT molecular complexity index is 948. The lowest BCUT2D eigenvalue weighted by atomic mass is 10.1. The van der Waals surface area contributed by atoms with E-state index in [-0.39, 0.29) is 25.1 Å². The van der Waals surface area contributed by atoms with Gasteiger partial charge in [-0.05, 0) is 17.7 Å². The van der Waals surface area contributed by atoms with Crippen molar-refractivity contribution in [3.8, 4) is 5.75 Å². The number of hydrogen-bond donors (Lipinski definition) is 8. The Morgan fingerprint density at radius 1 is 0.970 bits per heavy atom. The van der Waals surface area contributed by atoms with E-state index in [9.17, 15) is 34.5 Å². The zero-order valence-corrected chi connectivity index (χ0v) is 17.5. The lowest BCUT2D eigenvalue weighted by Gasteiger charge is -2.23. The number of hydrogen-bond acceptors (Lipinski definition) is 8. The van der Waals surface area contributed by atoms with E-state index in [1.807, 2.05) is 0 Å². The first-order chi connectivity index (χ1) is 15.7. The fraction of sp³-hybridized carbons (Fsp3) is 0.350. The highest BCUT2D eigenvalue weighted by Crippen LogP contribution is 2.11. The quantitative estimate of drug-likeness (QED) is 0.165. The maximum Gasteiger partial charge on any atom is 0.326 e. The monoisotopic (exact) mass is 462 g/mol. The average molecular weight is 462 g/mol. The molecule has 3 amide bonds. The van der Waals surface area contributed by atoms with E-state index in [4.69, 9.17) is 5.73 Å². The van der Waals surface area contributed by atoms with Crippen molar-refractivity contribution in [2.24, 2.45) is 5.73 Å². The van der Waals surface area contributed by atoms with Crippen molar-refractivity contribution >= 4 is 23.7 Å². The molecule has 33 heavy (non-hydrogen) atoms. The normalized spacial score (nSPS) is 13.4. The molecule has 2 rings (SSSR count). The zero-order valence-electron chi connectivity index (χ0n) is 17.5. The second kappa shape index (κ2) is 12.2.